The van der Waals surface area contributed by atoms with E-state index < -0.39 is 5.60 Å². The molecule has 2 bridgehead atoms. The second-order valence-corrected chi connectivity index (χ2v) is 6.17. The molecule has 1 heterocycles. The van der Waals surface area contributed by atoms with Crippen LogP contribution in [-0.4, -0.2) is 22.5 Å². The van der Waals surface area contributed by atoms with Crippen LogP contribution in [-0.2, 0) is 14.4 Å². The van der Waals surface area contributed by atoms with Gasteiger partial charge in [0, 0.05) is 0 Å². The maximum atomic E-state index is 12.2. The molecule has 92 valence electrons. The van der Waals surface area contributed by atoms with Crippen LogP contribution in [0.2, 0.25) is 0 Å². The average molecular weight is 235 g/mol. The molecule has 4 nitrogen and oxygen atoms in total. The van der Waals surface area contributed by atoms with Crippen molar-refractivity contribution in [2.45, 2.75) is 32.8 Å². The minimum atomic E-state index is -0.517. The van der Waals surface area contributed by atoms with Gasteiger partial charge in [-0.25, -0.2) is 0 Å². The summed E-state index contributed by atoms with van der Waals surface area (Å²) in [5, 5.41) is 1.02. The third kappa shape index (κ3) is 1.47. The van der Waals surface area contributed by atoms with Crippen LogP contribution < -0.4 is 0 Å². The van der Waals surface area contributed by atoms with Gasteiger partial charge in [-0.15, -0.1) is 0 Å². The first-order chi connectivity index (χ1) is 7.88. The van der Waals surface area contributed by atoms with Gasteiger partial charge in [-0.1, -0.05) is 12.2 Å². The maximum absolute atomic E-state index is 12.2. The molecule has 2 fully saturated rings. The van der Waals surface area contributed by atoms with E-state index in [2.05, 4.69) is 12.2 Å². The molecule has 2 amide bonds. The first-order valence-electron chi connectivity index (χ1n) is 6.14. The molecule has 4 heteroatoms. The number of carbonyl (C=O) groups is 2. The number of rotatable bonds is 1. The van der Waals surface area contributed by atoms with Crippen molar-refractivity contribution in [3.8, 4) is 0 Å². The minimum absolute atomic E-state index is 0.147. The molecule has 3 rings (SSSR count). The normalized spacial score (nSPS) is 39.4. The van der Waals surface area contributed by atoms with Crippen molar-refractivity contribution in [3.63, 3.8) is 0 Å². The molecule has 17 heavy (non-hydrogen) atoms. The van der Waals surface area contributed by atoms with Crippen LogP contribution in [0.4, 0.5) is 0 Å². The molecule has 1 saturated carbocycles. The number of carbonyl (C=O) groups excluding carboxylic acids is 2. The minimum Gasteiger partial charge on any atom is -0.272 e. The lowest BCUT2D eigenvalue weighted by atomic mass is 9.85. The number of amides is 2. The van der Waals surface area contributed by atoms with Gasteiger partial charge in [-0.3, -0.25) is 14.4 Å². The zero-order valence-corrected chi connectivity index (χ0v) is 10.3. The van der Waals surface area contributed by atoms with Gasteiger partial charge in [0.25, 0.3) is 11.8 Å². The van der Waals surface area contributed by atoms with Crippen LogP contribution in [0.25, 0.3) is 0 Å². The van der Waals surface area contributed by atoms with Gasteiger partial charge < -0.3 is 0 Å². The highest BCUT2D eigenvalue weighted by molar-refractivity contribution is 6.05. The second-order valence-electron chi connectivity index (χ2n) is 6.17. The summed E-state index contributed by atoms with van der Waals surface area (Å²) in [6.45, 7) is 5.53. The van der Waals surface area contributed by atoms with Crippen molar-refractivity contribution in [2.75, 3.05) is 0 Å². The molecule has 4 atom stereocenters. The number of hydroxylamine groups is 2. The van der Waals surface area contributed by atoms with Gasteiger partial charge in [0.2, 0.25) is 0 Å². The molecule has 4 unspecified atom stereocenters. The van der Waals surface area contributed by atoms with Crippen LogP contribution in [0, 0.1) is 23.7 Å². The molecule has 0 aromatic carbocycles. The molecule has 0 radical (unpaired) electrons. The predicted octanol–water partition coefficient (Wildman–Crippen LogP) is 1.52. The van der Waals surface area contributed by atoms with Crippen molar-refractivity contribution >= 4 is 11.8 Å². The summed E-state index contributed by atoms with van der Waals surface area (Å²) in [5.74, 6) is -0.136. The fourth-order valence-corrected chi connectivity index (χ4v) is 3.24. The fraction of sp³-hybridized carbons (Fsp3) is 0.692. The Kier molecular flexibility index (Phi) is 2.06. The number of nitrogens with zero attached hydrogens (tertiary/aromatic N) is 1. The Morgan fingerprint density at radius 1 is 1.12 bits per heavy atom. The van der Waals surface area contributed by atoms with Crippen molar-refractivity contribution in [3.05, 3.63) is 12.2 Å². The van der Waals surface area contributed by atoms with E-state index >= 15 is 0 Å². The van der Waals surface area contributed by atoms with E-state index in [1.165, 1.54) is 0 Å². The molecule has 2 aliphatic carbocycles. The summed E-state index contributed by atoms with van der Waals surface area (Å²) < 4.78 is 0. The fourth-order valence-electron chi connectivity index (χ4n) is 3.24. The summed E-state index contributed by atoms with van der Waals surface area (Å²) in [4.78, 5) is 29.9. The second kappa shape index (κ2) is 3.19. The predicted molar refractivity (Wildman–Crippen MR) is 60.4 cm³/mol. The molecule has 0 N–H and O–H groups in total. The van der Waals surface area contributed by atoms with Crippen molar-refractivity contribution in [1.82, 2.24) is 5.06 Å². The topological polar surface area (TPSA) is 46.6 Å². The van der Waals surface area contributed by atoms with E-state index in [1.807, 2.05) is 20.8 Å². The molecule has 3 aliphatic rings. The highest BCUT2D eigenvalue weighted by Crippen LogP contribution is 2.52. The van der Waals surface area contributed by atoms with Crippen molar-refractivity contribution in [1.29, 1.82) is 0 Å². The monoisotopic (exact) mass is 235 g/mol. The third-order valence-electron chi connectivity index (χ3n) is 3.80. The third-order valence-corrected chi connectivity index (χ3v) is 3.80. The van der Waals surface area contributed by atoms with Gasteiger partial charge in [0.1, 0.15) is 0 Å². The van der Waals surface area contributed by atoms with E-state index in [4.69, 9.17) is 4.84 Å². The largest absolute Gasteiger partial charge is 0.272 e. The van der Waals surface area contributed by atoms with Gasteiger partial charge in [-0.05, 0) is 39.0 Å². The standard InChI is InChI=1S/C13H17NO3/c1-13(2,3)17-14-11(15)9-7-4-5-8(6-7)10(9)12(14)16/h4-5,7-10H,6H2,1-3H3. The molecular weight excluding hydrogens is 218 g/mol. The van der Waals surface area contributed by atoms with Crippen LogP contribution in [0.15, 0.2) is 12.2 Å². The van der Waals surface area contributed by atoms with Crippen LogP contribution >= 0.6 is 0 Å². The van der Waals surface area contributed by atoms with Crippen LogP contribution in [0.5, 0.6) is 0 Å². The van der Waals surface area contributed by atoms with Gasteiger partial charge in [-0.2, -0.15) is 5.06 Å². The lowest BCUT2D eigenvalue weighted by Gasteiger charge is -2.25. The zero-order chi connectivity index (χ0) is 12.4. The summed E-state index contributed by atoms with van der Waals surface area (Å²) in [6, 6.07) is 0. The number of fused-ring (bicyclic) bond motifs is 5. The molecule has 0 spiro atoms. The Morgan fingerprint density at radius 3 is 2.00 bits per heavy atom. The lowest BCUT2D eigenvalue weighted by molar-refractivity contribution is -0.221. The number of hydrogen-bond donors (Lipinski definition) is 0. The first kappa shape index (κ1) is 11.0. The summed E-state index contributed by atoms with van der Waals surface area (Å²) in [7, 11) is 0. The van der Waals surface area contributed by atoms with E-state index in [9.17, 15) is 9.59 Å². The highest BCUT2D eigenvalue weighted by Gasteiger charge is 2.60. The Labute approximate surface area is 101 Å². The average Bonchev–Trinajstić information content (AvgIpc) is 2.86. The first-order valence-corrected chi connectivity index (χ1v) is 6.14. The number of hydrogen-bond acceptors (Lipinski definition) is 3. The van der Waals surface area contributed by atoms with Crippen LogP contribution in [0.1, 0.15) is 27.2 Å². The zero-order valence-electron chi connectivity index (χ0n) is 10.3. The molecule has 0 aromatic rings. The Bertz CT molecular complexity index is 391. The van der Waals surface area contributed by atoms with Gasteiger partial charge in [0.05, 0.1) is 17.4 Å². The van der Waals surface area contributed by atoms with Crippen LogP contribution in [0.3, 0.4) is 0 Å². The lowest BCUT2D eigenvalue weighted by Crippen LogP contribution is -2.39. The molecule has 1 saturated heterocycles. The van der Waals surface area contributed by atoms with Gasteiger partial charge in [0.15, 0.2) is 0 Å². The van der Waals surface area contributed by atoms with Crippen molar-refractivity contribution in [2.24, 2.45) is 23.7 Å². The van der Waals surface area contributed by atoms with E-state index in [0.29, 0.717) is 0 Å². The smallest absolute Gasteiger partial charge is 0.258 e. The Hall–Kier alpha value is -1.16. The molecular formula is C13H17NO3. The molecule has 0 aromatic heterocycles. The number of allylic oxidation sites excluding steroid dienone is 2. The van der Waals surface area contributed by atoms with E-state index in [-0.39, 0.29) is 35.5 Å². The highest BCUT2D eigenvalue weighted by atomic mass is 16.7. The maximum Gasteiger partial charge on any atom is 0.258 e. The Morgan fingerprint density at radius 2 is 1.59 bits per heavy atom. The SMILES string of the molecule is CC(C)(C)ON1C(=O)C2C3C=CC(C3)C2C1=O. The van der Waals surface area contributed by atoms with Crippen molar-refractivity contribution < 1.29 is 14.4 Å². The number of imide groups is 1. The molecule has 1 aliphatic heterocycles. The summed E-state index contributed by atoms with van der Waals surface area (Å²) >= 11 is 0. The van der Waals surface area contributed by atoms with Gasteiger partial charge >= 0.3 is 0 Å². The van der Waals surface area contributed by atoms with E-state index in [0.717, 1.165) is 11.5 Å². The van der Waals surface area contributed by atoms with E-state index in [1.54, 1.807) is 0 Å². The summed E-state index contributed by atoms with van der Waals surface area (Å²) in [5.41, 5.74) is -0.517. The quantitative estimate of drug-likeness (QED) is 0.511. The Balaban J connectivity index is 1.88. The summed E-state index contributed by atoms with van der Waals surface area (Å²) in [6.07, 6.45) is 5.12.